The van der Waals surface area contributed by atoms with Crippen molar-refractivity contribution in [3.8, 4) is 0 Å². The first-order valence-corrected chi connectivity index (χ1v) is 7.25. The lowest BCUT2D eigenvalue weighted by Crippen LogP contribution is -2.57. The van der Waals surface area contributed by atoms with Crippen LogP contribution >= 0.6 is 0 Å². The molecule has 0 aliphatic carbocycles. The van der Waals surface area contributed by atoms with Crippen molar-refractivity contribution < 1.29 is 19.3 Å². The first kappa shape index (κ1) is 16.4. The Hall–Kier alpha value is -2.00. The molecule has 9 heteroatoms. The fourth-order valence-electron chi connectivity index (χ4n) is 2.53. The van der Waals surface area contributed by atoms with E-state index >= 15 is 0 Å². The summed E-state index contributed by atoms with van der Waals surface area (Å²) in [7, 11) is 0. The molecule has 122 valence electrons. The van der Waals surface area contributed by atoms with Gasteiger partial charge in [-0.25, -0.2) is 14.9 Å². The average Bonchev–Trinajstić information content (AvgIpc) is 2.92. The highest BCUT2D eigenvalue weighted by Crippen LogP contribution is 2.33. The number of nitrogens with zero attached hydrogens (tertiary/aromatic N) is 4. The van der Waals surface area contributed by atoms with Gasteiger partial charge >= 0.3 is 6.09 Å². The van der Waals surface area contributed by atoms with Gasteiger partial charge in [0.05, 0.1) is 25.7 Å². The highest BCUT2D eigenvalue weighted by Gasteiger charge is 2.58. The Morgan fingerprint density at radius 3 is 2.95 bits per heavy atom. The molecule has 0 aromatic rings. The van der Waals surface area contributed by atoms with Gasteiger partial charge in [-0.05, 0) is 27.2 Å². The molecule has 0 saturated carbocycles. The van der Waals surface area contributed by atoms with Gasteiger partial charge in [0.25, 0.3) is 11.4 Å². The number of carbonyl (C=O) groups excluding carboxylic acids is 1. The molecule has 0 aromatic heterocycles. The van der Waals surface area contributed by atoms with E-state index in [9.17, 15) is 14.9 Å². The predicted molar refractivity (Wildman–Crippen MR) is 78.9 cm³/mol. The zero-order valence-electron chi connectivity index (χ0n) is 13.1. The fraction of sp³-hybridized carbons (Fsp3) is 0.692. The van der Waals surface area contributed by atoms with Gasteiger partial charge < -0.3 is 10.1 Å². The lowest BCUT2D eigenvalue weighted by Gasteiger charge is -2.24. The second kappa shape index (κ2) is 6.01. The van der Waals surface area contributed by atoms with E-state index in [-0.39, 0.29) is 5.03 Å². The minimum absolute atomic E-state index is 0.351. The maximum atomic E-state index is 11.5. The minimum atomic E-state index is -0.536. The second-order valence-corrected chi connectivity index (χ2v) is 6.26. The smallest absolute Gasteiger partial charge is 0.407 e. The highest BCUT2D eigenvalue weighted by atomic mass is 16.7. The third-order valence-electron chi connectivity index (χ3n) is 3.44. The molecule has 1 saturated heterocycles. The van der Waals surface area contributed by atoms with Gasteiger partial charge in [0.15, 0.2) is 0 Å². The Balaban J connectivity index is 1.81. The zero-order valence-corrected chi connectivity index (χ0v) is 13.1. The van der Waals surface area contributed by atoms with Crippen LogP contribution in [0.5, 0.6) is 0 Å². The summed E-state index contributed by atoms with van der Waals surface area (Å²) in [4.78, 5) is 26.9. The topological polar surface area (TPSA) is 97.1 Å². The monoisotopic (exact) mass is 312 g/mol. The molecule has 2 aliphatic heterocycles. The van der Waals surface area contributed by atoms with Crippen LogP contribution in [0.15, 0.2) is 16.9 Å². The van der Waals surface area contributed by atoms with Gasteiger partial charge in [-0.2, -0.15) is 4.99 Å². The van der Waals surface area contributed by atoms with Gasteiger partial charge in [0, 0.05) is 6.54 Å². The Bertz CT molecular complexity index is 525. The number of hydrogen-bond acceptors (Lipinski definition) is 6. The van der Waals surface area contributed by atoms with Gasteiger partial charge in [-0.1, -0.05) is 5.01 Å². The number of hydrogen-bond donors (Lipinski definition) is 1. The largest absolute Gasteiger partial charge is 0.444 e. The number of fused-ring (bicyclic) bond motifs is 1. The van der Waals surface area contributed by atoms with E-state index in [4.69, 9.17) is 4.74 Å². The molecule has 1 amide bonds. The van der Waals surface area contributed by atoms with Crippen molar-refractivity contribution in [1.82, 2.24) is 10.3 Å². The maximum Gasteiger partial charge on any atom is 0.407 e. The number of carbonyl (C=O) groups is 1. The highest BCUT2D eigenvalue weighted by molar-refractivity contribution is 5.67. The van der Waals surface area contributed by atoms with Crippen LogP contribution in [0, 0.1) is 10.1 Å². The van der Waals surface area contributed by atoms with Crippen molar-refractivity contribution in [2.24, 2.45) is 4.99 Å². The van der Waals surface area contributed by atoms with Gasteiger partial charge in [0.1, 0.15) is 10.3 Å². The van der Waals surface area contributed by atoms with Crippen LogP contribution in [-0.2, 0) is 4.74 Å². The molecule has 1 unspecified atom stereocenters. The molecule has 0 aromatic carbocycles. The number of aliphatic imine (C=N–C) groups is 1. The molecule has 2 rings (SSSR count). The Morgan fingerprint density at radius 2 is 2.32 bits per heavy atom. The van der Waals surface area contributed by atoms with Crippen LogP contribution in [0.4, 0.5) is 4.79 Å². The summed E-state index contributed by atoms with van der Waals surface area (Å²) in [5.41, 5.74) is 0.135. The molecule has 1 atom stereocenters. The summed E-state index contributed by atoms with van der Waals surface area (Å²) in [6.07, 6.45) is 3.63. The van der Waals surface area contributed by atoms with E-state index < -0.39 is 16.4 Å². The average molecular weight is 312 g/mol. The number of rotatable bonds is 5. The van der Waals surface area contributed by atoms with E-state index in [1.807, 2.05) is 0 Å². The van der Waals surface area contributed by atoms with Crippen LogP contribution in [-0.4, -0.2) is 52.4 Å². The first-order valence-electron chi connectivity index (χ1n) is 7.25. The molecule has 22 heavy (non-hydrogen) atoms. The molecule has 0 radical (unpaired) electrons. The SMILES string of the molecule is CC(C)(C)OC(=O)NCCCN1CCC2=CN=C[N+]21[N+](=O)[O-]. The van der Waals surface area contributed by atoms with E-state index in [2.05, 4.69) is 10.3 Å². The standard InChI is InChI=1S/C13H21N5O4/c1-13(2,3)22-12(19)15-6-4-7-16-8-5-11-9-14-10-18(11,16)17(20)21/h9-10H,4-8H2,1-3H3/p+1. The molecule has 0 spiro atoms. The fourth-order valence-corrected chi connectivity index (χ4v) is 2.53. The number of ether oxygens (including phenoxy) is 1. The van der Waals surface area contributed by atoms with E-state index in [1.54, 1.807) is 32.0 Å². The minimum Gasteiger partial charge on any atom is -0.444 e. The summed E-state index contributed by atoms with van der Waals surface area (Å²) in [6, 6.07) is 0. The van der Waals surface area contributed by atoms with Crippen molar-refractivity contribution in [1.29, 1.82) is 0 Å². The summed E-state index contributed by atoms with van der Waals surface area (Å²) in [5, 5.41) is 15.5. The lowest BCUT2D eigenvalue weighted by molar-refractivity contribution is -1.30. The van der Waals surface area contributed by atoms with Gasteiger partial charge in [-0.15, -0.1) is 0 Å². The summed E-state index contributed by atoms with van der Waals surface area (Å²) >= 11 is 0. The Labute approximate surface area is 128 Å². The number of amides is 1. The summed E-state index contributed by atoms with van der Waals surface area (Å²) < 4.78 is 4.61. The number of nitro groups is 1. The van der Waals surface area contributed by atoms with Crippen LogP contribution < -0.4 is 5.32 Å². The molecule has 9 nitrogen and oxygen atoms in total. The van der Waals surface area contributed by atoms with Gasteiger partial charge in [-0.3, -0.25) is 0 Å². The van der Waals surface area contributed by atoms with Crippen LogP contribution in [0.25, 0.3) is 0 Å². The molecule has 1 fully saturated rings. The third-order valence-corrected chi connectivity index (χ3v) is 3.44. The quantitative estimate of drug-likeness (QED) is 0.358. The summed E-state index contributed by atoms with van der Waals surface area (Å²) in [6.45, 7) is 6.87. The predicted octanol–water partition coefficient (Wildman–Crippen LogP) is 1.41. The molecule has 2 heterocycles. The first-order chi connectivity index (χ1) is 10.3. The van der Waals surface area contributed by atoms with E-state index in [0.29, 0.717) is 38.2 Å². The van der Waals surface area contributed by atoms with Crippen molar-refractivity contribution in [3.05, 3.63) is 22.0 Å². The molecular weight excluding hydrogens is 290 g/mol. The normalized spacial score (nSPS) is 24.0. The van der Waals surface area contributed by atoms with E-state index in [1.165, 1.54) is 6.34 Å². The molecule has 1 N–H and O–H groups in total. The number of quaternary nitrogens is 1. The van der Waals surface area contributed by atoms with Crippen molar-refractivity contribution in [2.45, 2.75) is 39.2 Å². The van der Waals surface area contributed by atoms with Crippen LogP contribution in [0.3, 0.4) is 0 Å². The number of alkyl carbamates (subject to hydrolysis) is 1. The maximum absolute atomic E-state index is 11.5. The Morgan fingerprint density at radius 1 is 1.59 bits per heavy atom. The van der Waals surface area contributed by atoms with Crippen molar-refractivity contribution in [2.75, 3.05) is 19.6 Å². The number of nitrogens with one attached hydrogen (secondary N) is 1. The van der Waals surface area contributed by atoms with Crippen molar-refractivity contribution >= 4 is 12.4 Å². The molecule has 2 aliphatic rings. The van der Waals surface area contributed by atoms with Gasteiger partial charge in [0.2, 0.25) is 5.70 Å². The van der Waals surface area contributed by atoms with Crippen LogP contribution in [0.1, 0.15) is 33.6 Å². The molecule has 0 bridgehead atoms. The molecular formula is C13H22N5O4+. The second-order valence-electron chi connectivity index (χ2n) is 6.26. The third kappa shape index (κ3) is 3.25. The Kier molecular flexibility index (Phi) is 4.47. The lowest BCUT2D eigenvalue weighted by atomic mass is 10.2. The summed E-state index contributed by atoms with van der Waals surface area (Å²) in [5.74, 6) is 0. The zero-order chi connectivity index (χ0) is 16.4. The van der Waals surface area contributed by atoms with E-state index in [0.717, 1.165) is 0 Å². The van der Waals surface area contributed by atoms with Crippen LogP contribution in [0.2, 0.25) is 0 Å². The van der Waals surface area contributed by atoms with Crippen molar-refractivity contribution in [3.63, 3.8) is 0 Å².